The van der Waals surface area contributed by atoms with E-state index in [4.69, 9.17) is 4.74 Å². The first-order chi connectivity index (χ1) is 9.19. The van der Waals surface area contributed by atoms with Gasteiger partial charge < -0.3 is 4.74 Å². The molecule has 0 bridgehead atoms. The second kappa shape index (κ2) is 6.67. The molecule has 19 heavy (non-hydrogen) atoms. The van der Waals surface area contributed by atoms with Gasteiger partial charge in [-0.25, -0.2) is 0 Å². The summed E-state index contributed by atoms with van der Waals surface area (Å²) in [5.74, 6) is 2.04. The highest BCUT2D eigenvalue weighted by molar-refractivity contribution is 7.99. The maximum Gasteiger partial charge on any atom is 0.120 e. The van der Waals surface area contributed by atoms with Crippen LogP contribution < -0.4 is 4.74 Å². The van der Waals surface area contributed by atoms with Crippen LogP contribution in [0.1, 0.15) is 23.6 Å². The zero-order chi connectivity index (χ0) is 13.7. The number of rotatable bonds is 5. The second-order valence-electron chi connectivity index (χ2n) is 4.63. The molecule has 0 saturated carbocycles. The van der Waals surface area contributed by atoms with Crippen molar-refractivity contribution in [3.8, 4) is 5.75 Å². The van der Waals surface area contributed by atoms with E-state index in [-0.39, 0.29) is 0 Å². The van der Waals surface area contributed by atoms with Crippen molar-refractivity contribution < 1.29 is 4.74 Å². The van der Waals surface area contributed by atoms with E-state index < -0.39 is 0 Å². The van der Waals surface area contributed by atoms with Gasteiger partial charge in [-0.1, -0.05) is 36.8 Å². The summed E-state index contributed by atoms with van der Waals surface area (Å²) < 4.78 is 5.84. The van der Waals surface area contributed by atoms with Gasteiger partial charge in [0.2, 0.25) is 0 Å². The summed E-state index contributed by atoms with van der Waals surface area (Å²) in [5, 5.41) is 0. The van der Waals surface area contributed by atoms with Gasteiger partial charge in [-0.3, -0.25) is 0 Å². The van der Waals surface area contributed by atoms with Gasteiger partial charge >= 0.3 is 0 Å². The monoisotopic (exact) mass is 272 g/mol. The molecule has 100 valence electrons. The number of ether oxygens (including phenoxy) is 1. The summed E-state index contributed by atoms with van der Waals surface area (Å²) in [4.78, 5) is 1.34. The normalized spacial score (nSPS) is 10.5. The Morgan fingerprint density at radius 3 is 2.37 bits per heavy atom. The molecule has 0 atom stereocenters. The van der Waals surface area contributed by atoms with E-state index in [9.17, 15) is 0 Å². The third-order valence-electron chi connectivity index (χ3n) is 2.97. The number of hydrogen-bond donors (Lipinski definition) is 0. The molecule has 0 radical (unpaired) electrons. The largest absolute Gasteiger partial charge is 0.489 e. The molecule has 0 aromatic heterocycles. The quantitative estimate of drug-likeness (QED) is 0.709. The number of benzene rings is 2. The standard InChI is InChI=1S/C17H20OS/c1-4-19-17-10-9-16(11-14(17)3)18-12-15-7-5-13(2)6-8-15/h5-11H,4,12H2,1-3H3. The van der Waals surface area contributed by atoms with Crippen LogP contribution in [0.2, 0.25) is 0 Å². The summed E-state index contributed by atoms with van der Waals surface area (Å²) in [6, 6.07) is 14.8. The Labute approximate surface area is 120 Å². The molecule has 2 aromatic carbocycles. The van der Waals surface area contributed by atoms with Crippen LogP contribution in [0, 0.1) is 13.8 Å². The minimum atomic E-state index is 0.625. The van der Waals surface area contributed by atoms with Crippen molar-refractivity contribution in [2.24, 2.45) is 0 Å². The Bertz CT molecular complexity index is 531. The van der Waals surface area contributed by atoms with Crippen LogP contribution in [0.25, 0.3) is 0 Å². The molecule has 0 heterocycles. The lowest BCUT2D eigenvalue weighted by Gasteiger charge is -2.09. The van der Waals surface area contributed by atoms with E-state index >= 15 is 0 Å². The Hall–Kier alpha value is -1.41. The zero-order valence-corrected chi connectivity index (χ0v) is 12.6. The van der Waals surface area contributed by atoms with E-state index in [2.05, 4.69) is 63.2 Å². The predicted octanol–water partition coefficient (Wildman–Crippen LogP) is 4.99. The SMILES string of the molecule is CCSc1ccc(OCc2ccc(C)cc2)cc1C. The molecular weight excluding hydrogens is 252 g/mol. The van der Waals surface area contributed by atoms with Crippen LogP contribution in [0.15, 0.2) is 47.4 Å². The van der Waals surface area contributed by atoms with Crippen molar-refractivity contribution >= 4 is 11.8 Å². The molecular formula is C17H20OS. The van der Waals surface area contributed by atoms with E-state index in [1.54, 1.807) is 0 Å². The van der Waals surface area contributed by atoms with Crippen LogP contribution in [-0.2, 0) is 6.61 Å². The smallest absolute Gasteiger partial charge is 0.120 e. The second-order valence-corrected chi connectivity index (χ2v) is 5.94. The van der Waals surface area contributed by atoms with Crippen molar-refractivity contribution in [2.75, 3.05) is 5.75 Å². The molecule has 0 aliphatic heterocycles. The number of aryl methyl sites for hydroxylation is 2. The molecule has 0 unspecified atom stereocenters. The summed E-state index contributed by atoms with van der Waals surface area (Å²) >= 11 is 1.87. The molecule has 1 nitrogen and oxygen atoms in total. The van der Waals surface area contributed by atoms with Crippen molar-refractivity contribution in [3.63, 3.8) is 0 Å². The highest BCUT2D eigenvalue weighted by Gasteiger charge is 2.01. The van der Waals surface area contributed by atoms with Gasteiger partial charge in [-0.15, -0.1) is 11.8 Å². The Balaban J connectivity index is 1.99. The van der Waals surface area contributed by atoms with Crippen molar-refractivity contribution in [1.82, 2.24) is 0 Å². The Morgan fingerprint density at radius 2 is 1.74 bits per heavy atom. The average molecular weight is 272 g/mol. The average Bonchev–Trinajstić information content (AvgIpc) is 2.41. The van der Waals surface area contributed by atoms with Crippen molar-refractivity contribution in [2.45, 2.75) is 32.3 Å². The fourth-order valence-electron chi connectivity index (χ4n) is 1.88. The van der Waals surface area contributed by atoms with E-state index in [1.165, 1.54) is 21.6 Å². The van der Waals surface area contributed by atoms with Crippen LogP contribution in [0.3, 0.4) is 0 Å². The minimum Gasteiger partial charge on any atom is -0.489 e. The van der Waals surface area contributed by atoms with Gasteiger partial charge in [0.05, 0.1) is 0 Å². The lowest BCUT2D eigenvalue weighted by molar-refractivity contribution is 0.306. The highest BCUT2D eigenvalue weighted by atomic mass is 32.2. The molecule has 0 amide bonds. The lowest BCUT2D eigenvalue weighted by atomic mass is 10.2. The fraction of sp³-hybridized carbons (Fsp3) is 0.294. The molecule has 2 heteroatoms. The fourth-order valence-corrected chi connectivity index (χ4v) is 2.64. The molecule has 2 aromatic rings. The van der Waals surface area contributed by atoms with Crippen LogP contribution in [-0.4, -0.2) is 5.75 Å². The maximum atomic E-state index is 5.84. The topological polar surface area (TPSA) is 9.23 Å². The third kappa shape index (κ3) is 4.03. The van der Waals surface area contributed by atoms with Gasteiger partial charge in [-0.2, -0.15) is 0 Å². The van der Waals surface area contributed by atoms with Crippen LogP contribution >= 0.6 is 11.8 Å². The molecule has 0 spiro atoms. The molecule has 0 aliphatic carbocycles. The summed E-state index contributed by atoms with van der Waals surface area (Å²) in [5.41, 5.74) is 3.77. The first-order valence-corrected chi connectivity index (χ1v) is 7.59. The summed E-state index contributed by atoms with van der Waals surface area (Å²) in [6.07, 6.45) is 0. The minimum absolute atomic E-state index is 0.625. The van der Waals surface area contributed by atoms with Gasteiger partial charge in [0.1, 0.15) is 12.4 Å². The number of thioether (sulfide) groups is 1. The Kier molecular flexibility index (Phi) is 4.92. The maximum absolute atomic E-state index is 5.84. The van der Waals surface area contributed by atoms with Crippen molar-refractivity contribution in [1.29, 1.82) is 0 Å². The lowest BCUT2D eigenvalue weighted by Crippen LogP contribution is -1.96. The van der Waals surface area contributed by atoms with Gasteiger partial charge in [0, 0.05) is 4.90 Å². The molecule has 2 rings (SSSR count). The first kappa shape index (κ1) is 14.0. The molecule has 0 saturated heterocycles. The third-order valence-corrected chi connectivity index (χ3v) is 4.03. The highest BCUT2D eigenvalue weighted by Crippen LogP contribution is 2.26. The van der Waals surface area contributed by atoms with Crippen LogP contribution in [0.4, 0.5) is 0 Å². The van der Waals surface area contributed by atoms with Gasteiger partial charge in [-0.05, 0) is 48.9 Å². The van der Waals surface area contributed by atoms with Gasteiger partial charge in [0.25, 0.3) is 0 Å². The molecule has 0 aliphatic rings. The van der Waals surface area contributed by atoms with Crippen molar-refractivity contribution in [3.05, 3.63) is 59.2 Å². The summed E-state index contributed by atoms with van der Waals surface area (Å²) in [7, 11) is 0. The van der Waals surface area contributed by atoms with E-state index in [0.717, 1.165) is 11.5 Å². The Morgan fingerprint density at radius 1 is 1.00 bits per heavy atom. The zero-order valence-electron chi connectivity index (χ0n) is 11.8. The molecule has 0 fully saturated rings. The molecule has 0 N–H and O–H groups in total. The first-order valence-electron chi connectivity index (χ1n) is 6.61. The van der Waals surface area contributed by atoms with Gasteiger partial charge in [0.15, 0.2) is 0 Å². The predicted molar refractivity (Wildman–Crippen MR) is 83.1 cm³/mol. The summed E-state index contributed by atoms with van der Waals surface area (Å²) in [6.45, 7) is 7.03. The van der Waals surface area contributed by atoms with Crippen LogP contribution in [0.5, 0.6) is 5.75 Å². The van der Waals surface area contributed by atoms with E-state index in [1.807, 2.05) is 11.8 Å². The van der Waals surface area contributed by atoms with E-state index in [0.29, 0.717) is 6.61 Å². The number of hydrogen-bond acceptors (Lipinski definition) is 2.